The van der Waals surface area contributed by atoms with E-state index >= 15 is 0 Å². The number of hydrogen-bond acceptors (Lipinski definition) is 6. The molecule has 7 nitrogen and oxygen atoms in total. The van der Waals surface area contributed by atoms with Crippen molar-refractivity contribution in [3.05, 3.63) is 83.2 Å². The summed E-state index contributed by atoms with van der Waals surface area (Å²) in [5, 5.41) is 13.9. The molecule has 8 heteroatoms. The van der Waals surface area contributed by atoms with Gasteiger partial charge in [-0.3, -0.25) is 10.1 Å². The zero-order valence-electron chi connectivity index (χ0n) is 24.2. The number of ether oxygens (including phenoxy) is 1. The van der Waals surface area contributed by atoms with Gasteiger partial charge in [0.25, 0.3) is 5.91 Å². The molecule has 0 saturated heterocycles. The fraction of sp³-hybridized carbons (Fsp3) is 0.375. The summed E-state index contributed by atoms with van der Waals surface area (Å²) in [6.45, 7) is 16.6. The van der Waals surface area contributed by atoms with Crippen LogP contribution >= 0.6 is 11.3 Å². The second-order valence-corrected chi connectivity index (χ2v) is 11.8. The van der Waals surface area contributed by atoms with E-state index in [0.29, 0.717) is 5.92 Å². The molecule has 1 aromatic carbocycles. The number of benzene rings is 1. The van der Waals surface area contributed by atoms with Crippen molar-refractivity contribution in [3.63, 3.8) is 0 Å². The van der Waals surface area contributed by atoms with Crippen molar-refractivity contribution in [3.8, 4) is 5.75 Å². The van der Waals surface area contributed by atoms with Crippen LogP contribution in [0.2, 0.25) is 0 Å². The largest absolute Gasteiger partial charge is 0.487 e. The number of pyridine rings is 1. The molecule has 3 rings (SSSR count). The first-order valence-electron chi connectivity index (χ1n) is 13.6. The van der Waals surface area contributed by atoms with Gasteiger partial charge in [-0.15, -0.1) is 0 Å². The van der Waals surface area contributed by atoms with E-state index < -0.39 is 11.9 Å². The Hall–Kier alpha value is -3.78. The van der Waals surface area contributed by atoms with Gasteiger partial charge in [-0.2, -0.15) is 0 Å². The molecule has 3 aromatic rings. The van der Waals surface area contributed by atoms with Gasteiger partial charge in [0.15, 0.2) is 5.13 Å². The van der Waals surface area contributed by atoms with E-state index in [-0.39, 0.29) is 27.2 Å². The number of hydrogen-bond donors (Lipinski definition) is 2. The number of aromatic nitrogens is 2. The number of nitrogens with zero attached hydrogens (tertiary/aromatic N) is 2. The molecule has 0 aliphatic heterocycles. The van der Waals surface area contributed by atoms with Gasteiger partial charge in [-0.1, -0.05) is 89.7 Å². The van der Waals surface area contributed by atoms with Crippen molar-refractivity contribution < 1.29 is 19.4 Å². The van der Waals surface area contributed by atoms with Crippen molar-refractivity contribution in [2.45, 2.75) is 66.9 Å². The van der Waals surface area contributed by atoms with E-state index in [0.717, 1.165) is 58.4 Å². The first-order chi connectivity index (χ1) is 18.9. The van der Waals surface area contributed by atoms with Gasteiger partial charge in [-0.25, -0.2) is 14.8 Å². The highest BCUT2D eigenvalue weighted by Gasteiger charge is 2.18. The van der Waals surface area contributed by atoms with Crippen LogP contribution in [0.15, 0.2) is 66.9 Å². The van der Waals surface area contributed by atoms with Crippen LogP contribution in [0.25, 0.3) is 10.8 Å². The third-order valence-electron chi connectivity index (χ3n) is 6.72. The average molecular weight is 562 g/mol. The Morgan fingerprint density at radius 1 is 1.20 bits per heavy atom. The Balaban J connectivity index is 1.92. The second kappa shape index (κ2) is 13.5. The smallest absolute Gasteiger partial charge is 0.347 e. The van der Waals surface area contributed by atoms with Crippen molar-refractivity contribution in [1.82, 2.24) is 9.97 Å². The molecule has 0 aliphatic carbocycles. The van der Waals surface area contributed by atoms with Gasteiger partial charge < -0.3 is 9.84 Å². The highest BCUT2D eigenvalue weighted by Crippen LogP contribution is 2.29. The van der Waals surface area contributed by atoms with Crippen LogP contribution in [-0.2, 0) is 6.42 Å². The number of thiazole rings is 1. The van der Waals surface area contributed by atoms with Crippen LogP contribution in [0.5, 0.6) is 5.75 Å². The summed E-state index contributed by atoms with van der Waals surface area (Å²) in [4.78, 5) is 33.1. The normalized spacial score (nSPS) is 13.1. The second-order valence-electron chi connectivity index (χ2n) is 10.8. The number of nitrogens with one attached hydrogen (secondary N) is 1. The lowest BCUT2D eigenvalue weighted by Gasteiger charge is -2.21. The molecule has 0 radical (unpaired) electrons. The molecule has 0 spiro atoms. The number of rotatable bonds is 12. The third-order valence-corrected chi connectivity index (χ3v) is 7.62. The van der Waals surface area contributed by atoms with E-state index in [1.165, 1.54) is 6.20 Å². The molecule has 1 atom stereocenters. The summed E-state index contributed by atoms with van der Waals surface area (Å²) in [7, 11) is 0. The van der Waals surface area contributed by atoms with Crippen molar-refractivity contribution >= 4 is 39.1 Å². The van der Waals surface area contributed by atoms with Crippen molar-refractivity contribution in [2.75, 3.05) is 5.32 Å². The number of carboxylic acid groups (broad SMARTS) is 1. The molecule has 2 aromatic heterocycles. The zero-order chi connectivity index (χ0) is 29.4. The molecular weight excluding hydrogens is 522 g/mol. The highest BCUT2D eigenvalue weighted by atomic mass is 32.1. The SMILES string of the molecule is C=C/C=C(\C=C/C(C)Oc1ccc2cc(C(=O)Nc3ncc(C(=O)O)s3)nc(CC(CC)CC)c2c1)C(C)(C)C. The van der Waals surface area contributed by atoms with Crippen molar-refractivity contribution in [1.29, 1.82) is 0 Å². The predicted molar refractivity (Wildman–Crippen MR) is 164 cm³/mol. The number of carboxylic acids is 1. The molecule has 0 saturated carbocycles. The molecular formula is C32H39N3O4S. The number of carbonyl (C=O) groups is 2. The van der Waals surface area contributed by atoms with Gasteiger partial charge in [0, 0.05) is 11.1 Å². The number of carbonyl (C=O) groups excluding carboxylic acids is 1. The Bertz CT molecular complexity index is 1430. The molecule has 0 aliphatic rings. The summed E-state index contributed by atoms with van der Waals surface area (Å²) < 4.78 is 6.25. The molecule has 40 heavy (non-hydrogen) atoms. The summed E-state index contributed by atoms with van der Waals surface area (Å²) >= 11 is 0.906. The lowest BCUT2D eigenvalue weighted by Crippen LogP contribution is -2.16. The van der Waals surface area contributed by atoms with E-state index in [1.807, 2.05) is 37.3 Å². The van der Waals surface area contributed by atoms with Gasteiger partial charge in [0.1, 0.15) is 22.4 Å². The minimum atomic E-state index is -1.08. The van der Waals surface area contributed by atoms with Gasteiger partial charge >= 0.3 is 5.97 Å². The standard InChI is InChI=1S/C32H39N3O4S/c1-8-11-23(32(5,6)7)14-12-20(4)39-24-15-13-22-17-27(29(36)35-31-33-19-28(40-31)30(37)38)34-26(25(22)18-24)16-21(9-2)10-3/h8,11-15,17-21H,1,9-10,16H2,2-7H3,(H,37,38)(H,33,35,36)/b14-12-,23-11+. The summed E-state index contributed by atoms with van der Waals surface area (Å²) in [6.07, 6.45) is 11.7. The Kier molecular flexibility index (Phi) is 10.4. The minimum absolute atomic E-state index is 0.00879. The molecule has 212 valence electrons. The molecule has 1 amide bonds. The van der Waals surface area contributed by atoms with E-state index in [4.69, 9.17) is 14.8 Å². The highest BCUT2D eigenvalue weighted by molar-refractivity contribution is 7.17. The van der Waals surface area contributed by atoms with E-state index in [9.17, 15) is 9.59 Å². The number of aromatic carboxylic acids is 1. The average Bonchev–Trinajstić information content (AvgIpc) is 3.37. The summed E-state index contributed by atoms with van der Waals surface area (Å²) in [5.74, 6) is -0.367. The first kappa shape index (κ1) is 30.8. The molecule has 0 bridgehead atoms. The molecule has 0 fully saturated rings. The lowest BCUT2D eigenvalue weighted by molar-refractivity contribution is 0.0701. The topological polar surface area (TPSA) is 101 Å². The number of fused-ring (bicyclic) bond motifs is 1. The van der Waals surface area contributed by atoms with Crippen molar-refractivity contribution in [2.24, 2.45) is 11.3 Å². The van der Waals surface area contributed by atoms with Gasteiger partial charge in [-0.05, 0) is 59.9 Å². The fourth-order valence-corrected chi connectivity index (χ4v) is 4.91. The first-order valence-corrected chi connectivity index (χ1v) is 14.4. The zero-order valence-corrected chi connectivity index (χ0v) is 25.0. The van der Waals surface area contributed by atoms with Crippen LogP contribution < -0.4 is 10.1 Å². The number of anilines is 1. The van der Waals surface area contributed by atoms with E-state index in [2.05, 4.69) is 57.6 Å². The fourth-order valence-electron chi connectivity index (χ4n) is 4.26. The van der Waals surface area contributed by atoms with Crippen LogP contribution in [0, 0.1) is 11.3 Å². The maximum Gasteiger partial charge on any atom is 0.347 e. The quantitative estimate of drug-likeness (QED) is 0.217. The van der Waals surface area contributed by atoms with Crippen LogP contribution in [0.1, 0.15) is 80.2 Å². The predicted octanol–water partition coefficient (Wildman–Crippen LogP) is 8.10. The van der Waals surface area contributed by atoms with Gasteiger partial charge in [0.05, 0.1) is 6.20 Å². The van der Waals surface area contributed by atoms with Gasteiger partial charge in [0.2, 0.25) is 0 Å². The summed E-state index contributed by atoms with van der Waals surface area (Å²) in [5.41, 5.74) is 2.25. The van der Waals surface area contributed by atoms with Crippen LogP contribution in [0.4, 0.5) is 5.13 Å². The van der Waals surface area contributed by atoms with Crippen LogP contribution in [-0.4, -0.2) is 33.1 Å². The Morgan fingerprint density at radius 2 is 1.93 bits per heavy atom. The number of amides is 1. The molecule has 2 N–H and O–H groups in total. The number of allylic oxidation sites excluding steroid dienone is 4. The van der Waals surface area contributed by atoms with Crippen LogP contribution in [0.3, 0.4) is 0 Å². The molecule has 1 unspecified atom stereocenters. The Labute approximate surface area is 240 Å². The lowest BCUT2D eigenvalue weighted by atomic mass is 9.85. The van der Waals surface area contributed by atoms with E-state index in [1.54, 1.807) is 12.1 Å². The molecule has 2 heterocycles. The maximum atomic E-state index is 13.1. The maximum absolute atomic E-state index is 13.1. The third kappa shape index (κ3) is 8.11. The monoisotopic (exact) mass is 561 g/mol. The minimum Gasteiger partial charge on any atom is -0.487 e. The summed E-state index contributed by atoms with van der Waals surface area (Å²) in [6, 6.07) is 7.59. The Morgan fingerprint density at radius 3 is 2.52 bits per heavy atom.